The Hall–Kier alpha value is -0.570. The lowest BCUT2D eigenvalue weighted by Crippen LogP contribution is -2.30. The second-order valence-electron chi connectivity index (χ2n) is 7.01. The van der Waals surface area contributed by atoms with Gasteiger partial charge in [-0.1, -0.05) is 33.6 Å². The molecule has 0 bridgehead atoms. The van der Waals surface area contributed by atoms with Crippen LogP contribution in [0.1, 0.15) is 65.7 Å². The van der Waals surface area contributed by atoms with Crippen molar-refractivity contribution in [3.63, 3.8) is 0 Å². The lowest BCUT2D eigenvalue weighted by Gasteiger charge is -2.37. The molecule has 1 atom stereocenters. The van der Waals surface area contributed by atoms with Crippen LogP contribution in [-0.4, -0.2) is 17.1 Å². The molecule has 0 aromatic heterocycles. The fourth-order valence-corrected chi connectivity index (χ4v) is 3.12. The molecule has 1 aliphatic rings. The molecule has 1 aliphatic carbocycles. The highest BCUT2D eigenvalue weighted by molar-refractivity contribution is 5.66. The quantitative estimate of drug-likeness (QED) is 0.791. The molecule has 0 radical (unpaired) electrons. The molecule has 1 saturated carbocycles. The summed E-state index contributed by atoms with van der Waals surface area (Å²) in [5, 5.41) is 8.64. The van der Waals surface area contributed by atoms with E-state index >= 15 is 0 Å². The number of hydrogen-bond acceptors (Lipinski definition) is 2. The Balaban J connectivity index is 2.25. The van der Waals surface area contributed by atoms with Gasteiger partial charge in [-0.25, -0.2) is 0 Å². The summed E-state index contributed by atoms with van der Waals surface area (Å²) in [5.41, 5.74) is 6.44. The van der Waals surface area contributed by atoms with Crippen LogP contribution >= 0.6 is 0 Å². The average molecular weight is 255 g/mol. The Labute approximate surface area is 111 Å². The summed E-state index contributed by atoms with van der Waals surface area (Å²) in [6.45, 7) is 6.99. The van der Waals surface area contributed by atoms with Gasteiger partial charge < -0.3 is 10.8 Å². The number of carboxylic acid groups (broad SMARTS) is 1. The van der Waals surface area contributed by atoms with Crippen LogP contribution in [0.15, 0.2) is 0 Å². The summed E-state index contributed by atoms with van der Waals surface area (Å²) >= 11 is 0. The van der Waals surface area contributed by atoms with Gasteiger partial charge in [0.2, 0.25) is 0 Å². The average Bonchev–Trinajstić information content (AvgIpc) is 2.26. The van der Waals surface area contributed by atoms with Gasteiger partial charge in [-0.3, -0.25) is 4.79 Å². The zero-order valence-corrected chi connectivity index (χ0v) is 12.1. The Morgan fingerprint density at radius 3 is 2.28 bits per heavy atom. The standard InChI is InChI=1S/C15H29NO2/c1-15(2,3)12-6-4-11(5-7-12)10-13(16)8-9-14(17)18/h11-13H,4-10,16H2,1-3H3,(H,17,18). The van der Waals surface area contributed by atoms with E-state index in [4.69, 9.17) is 10.8 Å². The van der Waals surface area contributed by atoms with E-state index in [1.165, 1.54) is 25.7 Å². The fourth-order valence-electron chi connectivity index (χ4n) is 3.12. The van der Waals surface area contributed by atoms with E-state index in [2.05, 4.69) is 20.8 Å². The SMILES string of the molecule is CC(C)(C)C1CCC(CC(N)CCC(=O)O)CC1. The number of rotatable bonds is 5. The first kappa shape index (κ1) is 15.5. The van der Waals surface area contributed by atoms with Crippen LogP contribution in [0.2, 0.25) is 0 Å². The van der Waals surface area contributed by atoms with Crippen LogP contribution < -0.4 is 5.73 Å². The van der Waals surface area contributed by atoms with E-state index in [0.717, 1.165) is 12.3 Å². The third kappa shape index (κ3) is 5.38. The van der Waals surface area contributed by atoms with Crippen LogP contribution in [-0.2, 0) is 4.79 Å². The lowest BCUT2D eigenvalue weighted by molar-refractivity contribution is -0.137. The predicted octanol–water partition coefficient (Wildman–Crippen LogP) is 3.42. The molecule has 0 heterocycles. The van der Waals surface area contributed by atoms with Crippen LogP contribution in [0.4, 0.5) is 0 Å². The van der Waals surface area contributed by atoms with Gasteiger partial charge in [-0.15, -0.1) is 0 Å². The van der Waals surface area contributed by atoms with Gasteiger partial charge >= 0.3 is 5.97 Å². The highest BCUT2D eigenvalue weighted by atomic mass is 16.4. The largest absolute Gasteiger partial charge is 0.481 e. The molecule has 1 fully saturated rings. The molecule has 0 saturated heterocycles. The van der Waals surface area contributed by atoms with E-state index < -0.39 is 5.97 Å². The predicted molar refractivity (Wildman–Crippen MR) is 74.4 cm³/mol. The molecule has 0 amide bonds. The number of hydrogen-bond donors (Lipinski definition) is 2. The molecule has 3 nitrogen and oxygen atoms in total. The van der Waals surface area contributed by atoms with E-state index in [1.54, 1.807) is 0 Å². The molecule has 1 unspecified atom stereocenters. The van der Waals surface area contributed by atoms with E-state index in [0.29, 0.717) is 17.8 Å². The molecule has 0 aliphatic heterocycles. The van der Waals surface area contributed by atoms with Crippen LogP contribution in [0.25, 0.3) is 0 Å². The molecule has 3 N–H and O–H groups in total. The summed E-state index contributed by atoms with van der Waals surface area (Å²) in [4.78, 5) is 10.5. The maximum atomic E-state index is 10.5. The molecule has 3 heteroatoms. The van der Waals surface area contributed by atoms with Crippen molar-refractivity contribution in [3.05, 3.63) is 0 Å². The minimum absolute atomic E-state index is 0.0669. The molecule has 106 valence electrons. The highest BCUT2D eigenvalue weighted by Crippen LogP contribution is 2.40. The Kier molecular flexibility index (Phi) is 5.64. The zero-order chi connectivity index (χ0) is 13.8. The van der Waals surface area contributed by atoms with Gasteiger partial charge in [0.25, 0.3) is 0 Å². The molecule has 1 rings (SSSR count). The number of carboxylic acids is 1. The second-order valence-corrected chi connectivity index (χ2v) is 7.01. The van der Waals surface area contributed by atoms with E-state index in [9.17, 15) is 4.79 Å². The maximum Gasteiger partial charge on any atom is 0.303 e. The molecular weight excluding hydrogens is 226 g/mol. The van der Waals surface area contributed by atoms with Gasteiger partial charge in [-0.2, -0.15) is 0 Å². The summed E-state index contributed by atoms with van der Waals surface area (Å²) in [6, 6.07) is 0.0669. The summed E-state index contributed by atoms with van der Waals surface area (Å²) in [7, 11) is 0. The maximum absolute atomic E-state index is 10.5. The van der Waals surface area contributed by atoms with Crippen LogP contribution in [0.5, 0.6) is 0 Å². The first-order valence-corrected chi connectivity index (χ1v) is 7.26. The molecule has 18 heavy (non-hydrogen) atoms. The lowest BCUT2D eigenvalue weighted by atomic mass is 9.69. The van der Waals surface area contributed by atoms with Crippen molar-refractivity contribution in [2.75, 3.05) is 0 Å². The van der Waals surface area contributed by atoms with Crippen LogP contribution in [0.3, 0.4) is 0 Å². The summed E-state index contributed by atoms with van der Waals surface area (Å²) < 4.78 is 0. The van der Waals surface area contributed by atoms with Crippen molar-refractivity contribution in [2.24, 2.45) is 23.0 Å². The Bertz CT molecular complexity index is 262. The van der Waals surface area contributed by atoms with Gasteiger partial charge in [0.1, 0.15) is 0 Å². The van der Waals surface area contributed by atoms with Crippen molar-refractivity contribution in [2.45, 2.75) is 71.8 Å². The smallest absolute Gasteiger partial charge is 0.303 e. The number of nitrogens with two attached hydrogens (primary N) is 1. The summed E-state index contributed by atoms with van der Waals surface area (Å²) in [5.74, 6) is 0.818. The van der Waals surface area contributed by atoms with Crippen molar-refractivity contribution >= 4 is 5.97 Å². The van der Waals surface area contributed by atoms with Crippen molar-refractivity contribution in [1.82, 2.24) is 0 Å². The van der Waals surface area contributed by atoms with E-state index in [-0.39, 0.29) is 12.5 Å². The zero-order valence-electron chi connectivity index (χ0n) is 12.1. The van der Waals surface area contributed by atoms with Gasteiger partial charge in [0, 0.05) is 12.5 Å². The molecule has 0 aromatic rings. The van der Waals surface area contributed by atoms with Gasteiger partial charge in [0.05, 0.1) is 0 Å². The third-order valence-corrected chi connectivity index (χ3v) is 4.44. The van der Waals surface area contributed by atoms with Gasteiger partial charge in [-0.05, 0) is 42.9 Å². The van der Waals surface area contributed by atoms with Gasteiger partial charge in [0.15, 0.2) is 0 Å². The fraction of sp³-hybridized carbons (Fsp3) is 0.933. The van der Waals surface area contributed by atoms with Crippen molar-refractivity contribution < 1.29 is 9.90 Å². The normalized spacial score (nSPS) is 26.9. The van der Waals surface area contributed by atoms with E-state index in [1.807, 2.05) is 0 Å². The second kappa shape index (κ2) is 6.55. The topological polar surface area (TPSA) is 63.3 Å². The highest BCUT2D eigenvalue weighted by Gasteiger charge is 2.30. The minimum Gasteiger partial charge on any atom is -0.481 e. The first-order valence-electron chi connectivity index (χ1n) is 7.26. The van der Waals surface area contributed by atoms with Crippen molar-refractivity contribution in [3.8, 4) is 0 Å². The first-order chi connectivity index (χ1) is 8.29. The van der Waals surface area contributed by atoms with Crippen LogP contribution in [0, 0.1) is 17.3 Å². The molecule has 0 spiro atoms. The Morgan fingerprint density at radius 1 is 1.28 bits per heavy atom. The Morgan fingerprint density at radius 2 is 1.83 bits per heavy atom. The third-order valence-electron chi connectivity index (χ3n) is 4.44. The number of aliphatic carboxylic acids is 1. The summed E-state index contributed by atoms with van der Waals surface area (Å²) in [6.07, 6.45) is 6.97. The molecular formula is C15H29NO2. The number of carbonyl (C=O) groups is 1. The minimum atomic E-state index is -0.734. The monoisotopic (exact) mass is 255 g/mol. The molecule has 0 aromatic carbocycles. The van der Waals surface area contributed by atoms with Crippen molar-refractivity contribution in [1.29, 1.82) is 0 Å².